The van der Waals surface area contributed by atoms with Gasteiger partial charge in [0.25, 0.3) is 0 Å². The fourth-order valence-corrected chi connectivity index (χ4v) is 2.35. The van der Waals surface area contributed by atoms with Gasteiger partial charge in [-0.15, -0.1) is 0 Å². The monoisotopic (exact) mass is 254 g/mol. The number of hydrogen-bond acceptors (Lipinski definition) is 4. The van der Waals surface area contributed by atoms with Gasteiger partial charge in [0.15, 0.2) is 0 Å². The van der Waals surface area contributed by atoms with E-state index < -0.39 is 6.10 Å². The normalized spacial score (nSPS) is 21.0. The summed E-state index contributed by atoms with van der Waals surface area (Å²) in [4.78, 5) is 18.0. The van der Waals surface area contributed by atoms with Crippen molar-refractivity contribution in [2.45, 2.75) is 31.4 Å². The molecular weight excluding hydrogens is 236 g/mol. The molecule has 2 rings (SSSR count). The van der Waals surface area contributed by atoms with Gasteiger partial charge in [-0.2, -0.15) is 0 Å². The third kappa shape index (κ3) is 2.83. The van der Waals surface area contributed by atoms with Gasteiger partial charge in [-0.1, -0.05) is 0 Å². The minimum absolute atomic E-state index is 0.0141. The number of nitrogens with zero attached hydrogens (tertiary/aromatic N) is 1. The molecule has 0 aliphatic carbocycles. The Morgan fingerprint density at radius 3 is 3.28 bits per heavy atom. The van der Waals surface area contributed by atoms with Gasteiger partial charge in [-0.3, -0.25) is 4.84 Å². The van der Waals surface area contributed by atoms with Crippen LogP contribution < -0.4 is 5.48 Å². The minimum atomic E-state index is -0.680. The lowest BCUT2D eigenvalue weighted by molar-refractivity contribution is 0.0719. The van der Waals surface area contributed by atoms with E-state index in [1.165, 1.54) is 13.4 Å². The molecule has 0 radical (unpaired) electrons. The van der Waals surface area contributed by atoms with E-state index in [1.54, 1.807) is 17.0 Å². The first-order valence-electron chi connectivity index (χ1n) is 6.03. The van der Waals surface area contributed by atoms with Gasteiger partial charge >= 0.3 is 6.03 Å². The molecule has 2 N–H and O–H groups in total. The molecule has 1 aromatic heterocycles. The summed E-state index contributed by atoms with van der Waals surface area (Å²) in [6.45, 7) is 0.685. The van der Waals surface area contributed by atoms with Crippen molar-refractivity contribution in [3.8, 4) is 0 Å². The van der Waals surface area contributed by atoms with Gasteiger partial charge in [0.2, 0.25) is 0 Å². The van der Waals surface area contributed by atoms with Crippen LogP contribution in [0.4, 0.5) is 4.79 Å². The molecule has 2 atom stereocenters. The van der Waals surface area contributed by atoms with E-state index in [4.69, 9.17) is 4.42 Å². The van der Waals surface area contributed by atoms with Gasteiger partial charge in [0.05, 0.1) is 13.4 Å². The lowest BCUT2D eigenvalue weighted by Gasteiger charge is -2.25. The number of aliphatic hydroxyl groups is 1. The second-order valence-electron chi connectivity index (χ2n) is 4.37. The van der Waals surface area contributed by atoms with E-state index in [-0.39, 0.29) is 12.1 Å². The molecule has 6 heteroatoms. The summed E-state index contributed by atoms with van der Waals surface area (Å²) in [5, 5.41) is 10.0. The Morgan fingerprint density at radius 1 is 1.78 bits per heavy atom. The van der Waals surface area contributed by atoms with Crippen LogP contribution >= 0.6 is 0 Å². The molecule has 100 valence electrons. The summed E-state index contributed by atoms with van der Waals surface area (Å²) in [5.41, 5.74) is 2.31. The topological polar surface area (TPSA) is 74.9 Å². The Bertz CT molecular complexity index is 379. The lowest BCUT2D eigenvalue weighted by atomic mass is 10.1. The summed E-state index contributed by atoms with van der Waals surface area (Å²) >= 11 is 0. The van der Waals surface area contributed by atoms with Crippen molar-refractivity contribution in [2.75, 3.05) is 13.7 Å². The minimum Gasteiger partial charge on any atom is -0.467 e. The third-order valence-corrected chi connectivity index (χ3v) is 3.19. The highest BCUT2D eigenvalue weighted by Crippen LogP contribution is 2.27. The Labute approximate surface area is 105 Å². The van der Waals surface area contributed by atoms with Crippen LogP contribution in [0.5, 0.6) is 0 Å². The number of likely N-dealkylation sites (tertiary alicyclic amines) is 1. The fraction of sp³-hybridized carbons (Fsp3) is 0.583. The van der Waals surface area contributed by atoms with Crippen LogP contribution in [0, 0.1) is 0 Å². The van der Waals surface area contributed by atoms with E-state index in [2.05, 4.69) is 10.3 Å². The number of hydrogen-bond donors (Lipinski definition) is 2. The Kier molecular flexibility index (Phi) is 4.22. The van der Waals surface area contributed by atoms with Gasteiger partial charge in [-0.25, -0.2) is 10.3 Å². The molecule has 1 aromatic rings. The molecule has 1 saturated heterocycles. The number of carbonyl (C=O) groups is 1. The molecule has 1 aliphatic heterocycles. The molecule has 1 aliphatic rings. The number of urea groups is 1. The van der Waals surface area contributed by atoms with E-state index in [0.29, 0.717) is 18.7 Å². The standard InChI is InChI=1S/C12H18N2O4/c1-17-13-12(16)14-6-2-4-9(14)8-10(15)11-5-3-7-18-11/h3,5,7,9-10,15H,2,4,6,8H2,1H3,(H,13,16). The number of carbonyl (C=O) groups excluding carboxylic acids is 1. The zero-order valence-electron chi connectivity index (χ0n) is 10.3. The van der Waals surface area contributed by atoms with Gasteiger partial charge in [0.1, 0.15) is 11.9 Å². The second kappa shape index (κ2) is 5.88. The first kappa shape index (κ1) is 12.9. The smallest absolute Gasteiger partial charge is 0.341 e. The molecule has 0 bridgehead atoms. The molecule has 18 heavy (non-hydrogen) atoms. The SMILES string of the molecule is CONC(=O)N1CCCC1CC(O)c1ccco1. The van der Waals surface area contributed by atoms with Crippen molar-refractivity contribution in [1.29, 1.82) is 0 Å². The summed E-state index contributed by atoms with van der Waals surface area (Å²) in [6, 6.07) is 3.23. The first-order chi connectivity index (χ1) is 8.72. The van der Waals surface area contributed by atoms with Crippen LogP contribution in [-0.2, 0) is 4.84 Å². The summed E-state index contributed by atoms with van der Waals surface area (Å²) in [6.07, 6.45) is 3.15. The van der Waals surface area contributed by atoms with Crippen LogP contribution in [0.1, 0.15) is 31.1 Å². The van der Waals surface area contributed by atoms with Crippen molar-refractivity contribution in [3.05, 3.63) is 24.2 Å². The van der Waals surface area contributed by atoms with Crippen molar-refractivity contribution >= 4 is 6.03 Å². The maximum Gasteiger partial charge on any atom is 0.341 e. The second-order valence-corrected chi connectivity index (χ2v) is 4.37. The first-order valence-corrected chi connectivity index (χ1v) is 6.03. The lowest BCUT2D eigenvalue weighted by Crippen LogP contribution is -2.42. The molecular formula is C12H18N2O4. The summed E-state index contributed by atoms with van der Waals surface area (Å²) < 4.78 is 5.16. The largest absolute Gasteiger partial charge is 0.467 e. The molecule has 6 nitrogen and oxygen atoms in total. The predicted molar refractivity (Wildman–Crippen MR) is 63.6 cm³/mol. The Morgan fingerprint density at radius 2 is 2.61 bits per heavy atom. The van der Waals surface area contributed by atoms with Crippen molar-refractivity contribution < 1.29 is 19.2 Å². The predicted octanol–water partition coefficient (Wildman–Crippen LogP) is 1.44. The van der Waals surface area contributed by atoms with Gasteiger partial charge in [-0.05, 0) is 25.0 Å². The summed E-state index contributed by atoms with van der Waals surface area (Å²) in [5.74, 6) is 0.536. The highest BCUT2D eigenvalue weighted by molar-refractivity contribution is 5.73. The fourth-order valence-electron chi connectivity index (χ4n) is 2.35. The van der Waals surface area contributed by atoms with E-state index in [0.717, 1.165) is 12.8 Å². The molecule has 2 unspecified atom stereocenters. The number of furan rings is 1. The van der Waals surface area contributed by atoms with Crippen LogP contribution in [-0.4, -0.2) is 35.7 Å². The highest BCUT2D eigenvalue weighted by Gasteiger charge is 2.31. The Hall–Kier alpha value is -1.53. The van der Waals surface area contributed by atoms with Gasteiger partial charge in [0, 0.05) is 19.0 Å². The van der Waals surface area contributed by atoms with E-state index in [1.807, 2.05) is 0 Å². The van der Waals surface area contributed by atoms with Gasteiger partial charge < -0.3 is 14.4 Å². The average molecular weight is 254 g/mol. The molecule has 0 aromatic carbocycles. The Balaban J connectivity index is 1.93. The molecule has 0 spiro atoms. The molecule has 1 fully saturated rings. The molecule has 2 amide bonds. The number of nitrogens with one attached hydrogen (secondary N) is 1. The van der Waals surface area contributed by atoms with Crippen LogP contribution in [0.25, 0.3) is 0 Å². The number of hydroxylamine groups is 1. The van der Waals surface area contributed by atoms with Crippen molar-refractivity contribution in [2.24, 2.45) is 0 Å². The maximum absolute atomic E-state index is 11.7. The number of aliphatic hydroxyl groups excluding tert-OH is 1. The number of rotatable bonds is 4. The van der Waals surface area contributed by atoms with Crippen molar-refractivity contribution in [1.82, 2.24) is 10.4 Å². The summed E-state index contributed by atoms with van der Waals surface area (Å²) in [7, 11) is 1.40. The third-order valence-electron chi connectivity index (χ3n) is 3.19. The highest BCUT2D eigenvalue weighted by atomic mass is 16.6. The molecule has 0 saturated carbocycles. The maximum atomic E-state index is 11.7. The van der Waals surface area contributed by atoms with E-state index in [9.17, 15) is 9.90 Å². The number of amides is 2. The van der Waals surface area contributed by atoms with Crippen LogP contribution in [0.2, 0.25) is 0 Å². The van der Waals surface area contributed by atoms with E-state index >= 15 is 0 Å². The van der Waals surface area contributed by atoms with Crippen LogP contribution in [0.3, 0.4) is 0 Å². The molecule has 2 heterocycles. The van der Waals surface area contributed by atoms with Crippen molar-refractivity contribution in [3.63, 3.8) is 0 Å². The quantitative estimate of drug-likeness (QED) is 0.797. The average Bonchev–Trinajstić information content (AvgIpc) is 2.99. The zero-order valence-corrected chi connectivity index (χ0v) is 10.3. The zero-order chi connectivity index (χ0) is 13.0. The van der Waals surface area contributed by atoms with Crippen LogP contribution in [0.15, 0.2) is 22.8 Å².